The van der Waals surface area contributed by atoms with Gasteiger partial charge in [-0.25, -0.2) is 4.39 Å². The van der Waals surface area contributed by atoms with Crippen molar-refractivity contribution >= 4 is 33.9 Å². The maximum atomic E-state index is 12.9. The molecule has 2 aromatic heterocycles. The summed E-state index contributed by atoms with van der Waals surface area (Å²) >= 11 is 6.75. The molecule has 3 heterocycles. The van der Waals surface area contributed by atoms with E-state index in [1.54, 1.807) is 23.6 Å². The van der Waals surface area contributed by atoms with Gasteiger partial charge in [-0.05, 0) is 35.7 Å². The smallest absolute Gasteiger partial charge is 0.109 e. The second-order valence-corrected chi connectivity index (χ2v) is 9.50. The third-order valence-electron chi connectivity index (χ3n) is 6.58. The van der Waals surface area contributed by atoms with E-state index in [0.717, 1.165) is 34.3 Å². The number of fused-ring (bicyclic) bond motifs is 1. The number of hydrogen-bond donors (Lipinski definition) is 4. The number of halogens is 2. The van der Waals surface area contributed by atoms with Gasteiger partial charge in [0.2, 0.25) is 0 Å². The lowest BCUT2D eigenvalue weighted by Crippen LogP contribution is -2.38. The fourth-order valence-corrected chi connectivity index (χ4v) is 4.91. The molecular formula is C29H28ClFN8. The van der Waals surface area contributed by atoms with Gasteiger partial charge in [0.05, 0.1) is 46.1 Å². The summed E-state index contributed by atoms with van der Waals surface area (Å²) in [6, 6.07) is 19.6. The molecule has 0 bridgehead atoms. The van der Waals surface area contributed by atoms with Crippen LogP contribution in [0.5, 0.6) is 0 Å². The van der Waals surface area contributed by atoms with Crippen LogP contribution in [-0.2, 0) is 0 Å². The fraction of sp³-hybridized carbons (Fsp3) is 0.207. The Balaban J connectivity index is 1.56. The van der Waals surface area contributed by atoms with E-state index >= 15 is 0 Å². The summed E-state index contributed by atoms with van der Waals surface area (Å²) in [7, 11) is 0. The van der Waals surface area contributed by atoms with Crippen molar-refractivity contribution in [1.82, 2.24) is 25.9 Å². The van der Waals surface area contributed by atoms with Crippen molar-refractivity contribution < 1.29 is 4.39 Å². The molecule has 8 nitrogen and oxygen atoms in total. The Bertz CT molecular complexity index is 1510. The van der Waals surface area contributed by atoms with Gasteiger partial charge < -0.3 is 16.1 Å². The fourth-order valence-electron chi connectivity index (χ4n) is 4.64. The van der Waals surface area contributed by atoms with Crippen LogP contribution in [0.2, 0.25) is 5.02 Å². The molecule has 1 aliphatic rings. The lowest BCUT2D eigenvalue weighted by Gasteiger charge is -2.23. The van der Waals surface area contributed by atoms with E-state index in [2.05, 4.69) is 56.7 Å². The Hall–Kier alpha value is -4.39. The summed E-state index contributed by atoms with van der Waals surface area (Å²) in [4.78, 5) is 8.77. The first-order chi connectivity index (χ1) is 19.1. The molecule has 2 aromatic carbocycles. The van der Waals surface area contributed by atoms with Crippen molar-refractivity contribution in [3.63, 3.8) is 0 Å². The van der Waals surface area contributed by atoms with E-state index in [0.29, 0.717) is 21.8 Å². The summed E-state index contributed by atoms with van der Waals surface area (Å²) in [6.07, 6.45) is 7.67. The van der Waals surface area contributed by atoms with Crippen LogP contribution >= 0.6 is 11.6 Å². The molecule has 39 heavy (non-hydrogen) atoms. The average molecular weight is 543 g/mol. The molecule has 1 aliphatic heterocycles. The Morgan fingerprint density at radius 1 is 1.10 bits per heavy atom. The molecule has 1 unspecified atom stereocenters. The normalized spacial score (nSPS) is 14.3. The first-order valence-corrected chi connectivity index (χ1v) is 13.0. The molecule has 0 saturated carbocycles. The van der Waals surface area contributed by atoms with Crippen molar-refractivity contribution in [2.24, 2.45) is 0 Å². The zero-order chi connectivity index (χ0) is 27.2. The van der Waals surface area contributed by atoms with Crippen LogP contribution < -0.4 is 21.6 Å². The van der Waals surface area contributed by atoms with E-state index in [1.807, 2.05) is 48.7 Å². The first-order valence-electron chi connectivity index (χ1n) is 12.7. The van der Waals surface area contributed by atoms with E-state index in [-0.39, 0.29) is 18.6 Å². The topological polar surface area (TPSA) is 101 Å². The number of hydrazine groups is 2. The van der Waals surface area contributed by atoms with Gasteiger partial charge in [0.25, 0.3) is 0 Å². The molecule has 10 heteroatoms. The molecule has 0 aliphatic carbocycles. The van der Waals surface area contributed by atoms with Gasteiger partial charge in [-0.15, -0.1) is 5.53 Å². The number of anilines is 2. The molecule has 4 N–H and O–H groups in total. The molecule has 0 amide bonds. The lowest BCUT2D eigenvalue weighted by atomic mass is 10.0. The number of nitriles is 1. The third-order valence-corrected chi connectivity index (χ3v) is 6.87. The summed E-state index contributed by atoms with van der Waals surface area (Å²) in [6.45, 7) is 1.81. The molecule has 198 valence electrons. The lowest BCUT2D eigenvalue weighted by molar-refractivity contribution is 0.246. The van der Waals surface area contributed by atoms with E-state index in [4.69, 9.17) is 11.6 Å². The highest BCUT2D eigenvalue weighted by molar-refractivity contribution is 6.35. The number of aromatic nitrogens is 2. The zero-order valence-corrected chi connectivity index (χ0v) is 22.1. The predicted octanol–water partition coefficient (Wildman–Crippen LogP) is 6.01. The van der Waals surface area contributed by atoms with Crippen molar-refractivity contribution in [1.29, 1.82) is 5.26 Å². The van der Waals surface area contributed by atoms with Crippen LogP contribution in [0.1, 0.15) is 42.1 Å². The Morgan fingerprint density at radius 2 is 1.92 bits per heavy atom. The molecule has 0 spiro atoms. The molecule has 5 rings (SSSR count). The van der Waals surface area contributed by atoms with Crippen molar-refractivity contribution in [2.45, 2.75) is 25.4 Å². The summed E-state index contributed by atoms with van der Waals surface area (Å²) < 4.78 is 12.9. The summed E-state index contributed by atoms with van der Waals surface area (Å²) in [5, 5.41) is 19.9. The van der Waals surface area contributed by atoms with Crippen LogP contribution in [0.4, 0.5) is 15.8 Å². The highest BCUT2D eigenvalue weighted by Crippen LogP contribution is 2.37. The minimum absolute atomic E-state index is 0.0113. The van der Waals surface area contributed by atoms with Crippen molar-refractivity contribution in [3.8, 4) is 6.07 Å². The van der Waals surface area contributed by atoms with Gasteiger partial charge in [-0.2, -0.15) is 5.26 Å². The van der Waals surface area contributed by atoms with E-state index in [9.17, 15) is 9.65 Å². The SMILES string of the molecule is CCC(Nc1c(C#N)cnc2c(Cl)cc(N[C@H](C3=CN(CCF)NN3)c3cccnc3)cc12)c1ccccc1. The predicted molar refractivity (Wildman–Crippen MR) is 152 cm³/mol. The highest BCUT2D eigenvalue weighted by Gasteiger charge is 2.24. The highest BCUT2D eigenvalue weighted by atomic mass is 35.5. The van der Waals surface area contributed by atoms with Gasteiger partial charge >= 0.3 is 0 Å². The molecule has 2 atom stereocenters. The first kappa shape index (κ1) is 26.2. The van der Waals surface area contributed by atoms with Gasteiger partial charge in [0, 0.05) is 35.9 Å². The summed E-state index contributed by atoms with van der Waals surface area (Å²) in [5.41, 5.74) is 11.3. The van der Waals surface area contributed by atoms with Crippen LogP contribution in [0.15, 0.2) is 85.1 Å². The minimum atomic E-state index is -0.491. The monoisotopic (exact) mass is 542 g/mol. The number of nitrogens with one attached hydrogen (secondary N) is 4. The summed E-state index contributed by atoms with van der Waals surface area (Å²) in [5.74, 6) is 0. The largest absolute Gasteiger partial charge is 0.377 e. The Morgan fingerprint density at radius 3 is 2.64 bits per heavy atom. The standard InChI is InChI=1S/C29H28ClFN8/c1-2-25(19-7-4-3-5-8-19)36-27-21(15-32)17-34-29-23(27)13-22(14-24(29)30)35-28(20-9-6-11-33-16-20)26-18-39(12-10-31)38-37-26/h3-9,11,13-14,16-18,25,28,35,37-38H,2,10,12H2,1H3,(H,34,36)/t25?,28-/m0/s1. The quantitative estimate of drug-likeness (QED) is 0.193. The maximum absolute atomic E-state index is 12.9. The Labute approximate surface area is 231 Å². The zero-order valence-electron chi connectivity index (χ0n) is 21.3. The maximum Gasteiger partial charge on any atom is 0.109 e. The second kappa shape index (κ2) is 12.0. The molecule has 0 radical (unpaired) electrons. The Kier molecular flexibility index (Phi) is 8.06. The molecule has 0 saturated heterocycles. The minimum Gasteiger partial charge on any atom is -0.377 e. The number of hydrogen-bond acceptors (Lipinski definition) is 8. The van der Waals surface area contributed by atoms with E-state index < -0.39 is 6.67 Å². The van der Waals surface area contributed by atoms with Crippen molar-refractivity contribution in [3.05, 3.63) is 107 Å². The number of rotatable bonds is 10. The average Bonchev–Trinajstić information content (AvgIpc) is 3.44. The molecule has 4 aromatic rings. The molecule has 0 fully saturated rings. The van der Waals surface area contributed by atoms with Gasteiger partial charge in [0.1, 0.15) is 12.7 Å². The van der Waals surface area contributed by atoms with Gasteiger partial charge in [-0.1, -0.05) is 54.9 Å². The van der Waals surface area contributed by atoms with E-state index in [1.165, 1.54) is 0 Å². The van der Waals surface area contributed by atoms with Gasteiger partial charge in [0.15, 0.2) is 0 Å². The second-order valence-electron chi connectivity index (χ2n) is 9.10. The van der Waals surface area contributed by atoms with Crippen LogP contribution in [0, 0.1) is 11.3 Å². The molecular weight excluding hydrogens is 515 g/mol. The number of alkyl halides is 1. The van der Waals surface area contributed by atoms with Crippen LogP contribution in [-0.4, -0.2) is 28.2 Å². The van der Waals surface area contributed by atoms with Gasteiger partial charge in [-0.3, -0.25) is 15.0 Å². The number of benzene rings is 2. The number of pyridine rings is 2. The van der Waals surface area contributed by atoms with Crippen LogP contribution in [0.25, 0.3) is 10.9 Å². The van der Waals surface area contributed by atoms with Crippen LogP contribution in [0.3, 0.4) is 0 Å². The van der Waals surface area contributed by atoms with Crippen molar-refractivity contribution in [2.75, 3.05) is 23.9 Å². The number of nitrogens with zero attached hydrogens (tertiary/aromatic N) is 4. The third kappa shape index (κ3) is 5.72.